The highest BCUT2D eigenvalue weighted by molar-refractivity contribution is 6.90. The minimum atomic E-state index is -2.28. The highest BCUT2D eigenvalue weighted by Crippen LogP contribution is 2.26. The standard InChI is InChI=1S/C13H37O4Si5/c1-13-19(5,6)15-21(9,10)17-22(11,12)16-20(7,8)14-18(2,3)4/h13H,1-12H3. The van der Waals surface area contributed by atoms with Gasteiger partial charge in [-0.1, -0.05) is 6.92 Å². The van der Waals surface area contributed by atoms with Gasteiger partial charge in [0.05, 0.1) is 0 Å². The first-order chi connectivity index (χ1) is 9.39. The van der Waals surface area contributed by atoms with E-state index in [2.05, 4.69) is 85.0 Å². The molecule has 0 fully saturated rings. The van der Waals surface area contributed by atoms with Gasteiger partial charge in [-0.05, 0) is 78.1 Å². The lowest BCUT2D eigenvalue weighted by molar-refractivity contribution is 0.300. The number of rotatable bonds is 9. The molecule has 0 aliphatic heterocycles. The molecule has 0 unspecified atom stereocenters. The molecule has 0 spiro atoms. The molecule has 0 bridgehead atoms. The molecule has 0 aromatic carbocycles. The molecule has 1 radical (unpaired) electrons. The Morgan fingerprint density at radius 2 is 0.818 bits per heavy atom. The average Bonchev–Trinajstić information content (AvgIpc) is 2.06. The van der Waals surface area contributed by atoms with E-state index in [1.54, 1.807) is 0 Å². The van der Waals surface area contributed by atoms with Crippen LogP contribution in [0.15, 0.2) is 0 Å². The van der Waals surface area contributed by atoms with Crippen LogP contribution in [0, 0.1) is 6.04 Å². The van der Waals surface area contributed by atoms with Crippen LogP contribution in [-0.2, 0) is 16.5 Å². The van der Waals surface area contributed by atoms with E-state index in [1.165, 1.54) is 0 Å². The molecule has 133 valence electrons. The maximum atomic E-state index is 6.43. The Morgan fingerprint density at radius 1 is 0.500 bits per heavy atom. The van der Waals surface area contributed by atoms with Crippen LogP contribution >= 0.6 is 0 Å². The summed E-state index contributed by atoms with van der Waals surface area (Å²) >= 11 is 0. The van der Waals surface area contributed by atoms with Crippen molar-refractivity contribution in [1.82, 2.24) is 0 Å². The molecule has 22 heavy (non-hydrogen) atoms. The van der Waals surface area contributed by atoms with Gasteiger partial charge in [0.2, 0.25) is 0 Å². The normalized spacial score (nSPS) is 15.3. The van der Waals surface area contributed by atoms with E-state index >= 15 is 0 Å². The fourth-order valence-corrected chi connectivity index (χ4v) is 25.2. The molecular weight excluding hydrogens is 361 g/mol. The molecule has 0 aliphatic rings. The Hall–Kier alpha value is 0.924. The Bertz CT molecular complexity index is 364. The van der Waals surface area contributed by atoms with Crippen LogP contribution in [0.25, 0.3) is 0 Å². The van der Waals surface area contributed by atoms with Crippen LogP contribution in [0.4, 0.5) is 0 Å². The Labute approximate surface area is 143 Å². The van der Waals surface area contributed by atoms with E-state index in [0.29, 0.717) is 0 Å². The van der Waals surface area contributed by atoms with Crippen LogP contribution < -0.4 is 0 Å². The molecule has 0 rings (SSSR count). The predicted octanol–water partition coefficient (Wildman–Crippen LogP) is 4.96. The molecule has 0 saturated carbocycles. The third kappa shape index (κ3) is 10.7. The van der Waals surface area contributed by atoms with E-state index in [9.17, 15) is 0 Å². The van der Waals surface area contributed by atoms with E-state index in [-0.39, 0.29) is 0 Å². The van der Waals surface area contributed by atoms with Crippen LogP contribution in [0.1, 0.15) is 6.92 Å². The zero-order valence-corrected chi connectivity index (χ0v) is 21.7. The van der Waals surface area contributed by atoms with E-state index < -0.39 is 42.3 Å². The van der Waals surface area contributed by atoms with Crippen molar-refractivity contribution < 1.29 is 16.5 Å². The molecule has 0 saturated heterocycles. The first-order valence-corrected chi connectivity index (χ1v) is 22.8. The minimum Gasteiger partial charge on any atom is -0.437 e. The number of hydrogen-bond donors (Lipinski definition) is 0. The molecule has 0 aromatic heterocycles. The topological polar surface area (TPSA) is 36.9 Å². The van der Waals surface area contributed by atoms with Crippen molar-refractivity contribution in [2.45, 2.75) is 78.9 Å². The maximum Gasteiger partial charge on any atom is 0.314 e. The van der Waals surface area contributed by atoms with Gasteiger partial charge in [0.1, 0.15) is 0 Å². The van der Waals surface area contributed by atoms with Crippen molar-refractivity contribution in [3.8, 4) is 0 Å². The summed E-state index contributed by atoms with van der Waals surface area (Å²) in [6, 6.07) is 2.20. The van der Waals surface area contributed by atoms with Crippen LogP contribution in [0.5, 0.6) is 0 Å². The van der Waals surface area contributed by atoms with E-state index in [4.69, 9.17) is 16.5 Å². The second-order valence-corrected chi connectivity index (χ2v) is 28.3. The van der Waals surface area contributed by atoms with Crippen molar-refractivity contribution in [1.29, 1.82) is 0 Å². The summed E-state index contributed by atoms with van der Waals surface area (Å²) in [5, 5.41) is 0. The first kappa shape index (κ1) is 22.9. The van der Waals surface area contributed by atoms with Gasteiger partial charge in [-0.15, -0.1) is 0 Å². The smallest absolute Gasteiger partial charge is 0.314 e. The highest BCUT2D eigenvalue weighted by Gasteiger charge is 2.44. The summed E-state index contributed by atoms with van der Waals surface area (Å²) < 4.78 is 25.5. The summed E-state index contributed by atoms with van der Waals surface area (Å²) in [5.74, 6) is 0. The largest absolute Gasteiger partial charge is 0.437 e. The van der Waals surface area contributed by atoms with Crippen LogP contribution in [0.2, 0.25) is 72.0 Å². The van der Waals surface area contributed by atoms with Crippen LogP contribution in [-0.4, -0.2) is 42.3 Å². The third-order valence-corrected chi connectivity index (χ3v) is 20.5. The average molecular weight is 398 g/mol. The van der Waals surface area contributed by atoms with Crippen molar-refractivity contribution in [3.63, 3.8) is 0 Å². The van der Waals surface area contributed by atoms with Crippen molar-refractivity contribution in [2.24, 2.45) is 0 Å². The lowest BCUT2D eigenvalue weighted by Crippen LogP contribution is -2.58. The Balaban J connectivity index is 4.88. The molecule has 0 aromatic rings. The van der Waals surface area contributed by atoms with Gasteiger partial charge < -0.3 is 16.5 Å². The van der Waals surface area contributed by atoms with E-state index in [0.717, 1.165) is 0 Å². The monoisotopic (exact) mass is 397 g/mol. The Kier molecular flexibility index (Phi) is 7.75. The fraction of sp³-hybridized carbons (Fsp3) is 0.923. The molecule has 4 nitrogen and oxygen atoms in total. The van der Waals surface area contributed by atoms with E-state index in [1.807, 2.05) is 0 Å². The van der Waals surface area contributed by atoms with Gasteiger partial charge in [-0.25, -0.2) is 0 Å². The van der Waals surface area contributed by atoms with Gasteiger partial charge in [0.25, 0.3) is 0 Å². The van der Waals surface area contributed by atoms with Gasteiger partial charge in [-0.3, -0.25) is 0 Å². The maximum absolute atomic E-state index is 6.43. The van der Waals surface area contributed by atoms with Crippen molar-refractivity contribution in [3.05, 3.63) is 6.04 Å². The first-order valence-electron chi connectivity index (χ1n) is 8.00. The zero-order valence-electron chi connectivity index (χ0n) is 16.7. The summed E-state index contributed by atoms with van der Waals surface area (Å²) in [5.41, 5.74) is 0. The quantitative estimate of drug-likeness (QED) is 0.515. The highest BCUT2D eigenvalue weighted by atomic mass is 28.5. The summed E-state index contributed by atoms with van der Waals surface area (Å²) in [4.78, 5) is 0. The predicted molar refractivity (Wildman–Crippen MR) is 108 cm³/mol. The summed E-state index contributed by atoms with van der Waals surface area (Å²) in [6.07, 6.45) is 0. The second kappa shape index (κ2) is 7.44. The molecule has 0 N–H and O–H groups in total. The second-order valence-electron chi connectivity index (χ2n) is 8.61. The zero-order chi connectivity index (χ0) is 18.0. The van der Waals surface area contributed by atoms with Gasteiger partial charge >= 0.3 is 25.7 Å². The molecule has 0 atom stereocenters. The molecule has 0 aliphatic carbocycles. The third-order valence-electron chi connectivity index (χ3n) is 2.74. The Morgan fingerprint density at radius 3 is 1.14 bits per heavy atom. The molecule has 0 amide bonds. The van der Waals surface area contributed by atoms with Gasteiger partial charge in [-0.2, -0.15) is 0 Å². The SMILES string of the molecule is C[CH][Si](C)(C)O[Si](C)(C)O[Si](C)(C)O[Si](C)(C)O[Si](C)(C)C. The van der Waals surface area contributed by atoms with Crippen LogP contribution in [0.3, 0.4) is 0 Å². The minimum absolute atomic E-state index is 1.61. The summed E-state index contributed by atoms with van der Waals surface area (Å²) in [7, 11) is -10.0. The number of hydrogen-bond acceptors (Lipinski definition) is 4. The van der Waals surface area contributed by atoms with Crippen molar-refractivity contribution >= 4 is 42.3 Å². The van der Waals surface area contributed by atoms with Crippen molar-refractivity contribution in [2.75, 3.05) is 0 Å². The van der Waals surface area contributed by atoms with Gasteiger partial charge in [0.15, 0.2) is 16.6 Å². The lowest BCUT2D eigenvalue weighted by atomic mass is 11.0. The summed E-state index contributed by atoms with van der Waals surface area (Å²) in [6.45, 7) is 25.8. The molecule has 0 heterocycles. The fourth-order valence-electron chi connectivity index (χ4n) is 2.68. The molecule has 9 heteroatoms. The molecular formula is C13H37O4Si5. The van der Waals surface area contributed by atoms with Gasteiger partial charge in [0, 0.05) is 0 Å². The lowest BCUT2D eigenvalue weighted by Gasteiger charge is -2.41.